The van der Waals surface area contributed by atoms with Gasteiger partial charge in [-0.25, -0.2) is 4.79 Å². The molecule has 2 aromatic rings. The molecule has 0 saturated carbocycles. The Labute approximate surface area is 157 Å². The Morgan fingerprint density at radius 1 is 1.07 bits per heavy atom. The van der Waals surface area contributed by atoms with Crippen LogP contribution in [0, 0.1) is 6.92 Å². The van der Waals surface area contributed by atoms with Crippen molar-refractivity contribution in [2.45, 2.75) is 19.4 Å². The fourth-order valence-electron chi connectivity index (χ4n) is 3.29. The van der Waals surface area contributed by atoms with Crippen LogP contribution in [0.15, 0.2) is 71.7 Å². The molecule has 2 aliphatic rings. The van der Waals surface area contributed by atoms with E-state index in [0.717, 1.165) is 22.4 Å². The quantitative estimate of drug-likeness (QED) is 0.751. The lowest BCUT2D eigenvalue weighted by Gasteiger charge is -2.15. The van der Waals surface area contributed by atoms with Gasteiger partial charge in [-0.2, -0.15) is 0 Å². The monoisotopic (exact) mass is 364 g/mol. The highest BCUT2D eigenvalue weighted by molar-refractivity contribution is 5.96. The van der Waals surface area contributed by atoms with Crippen molar-refractivity contribution >= 4 is 5.97 Å². The molecule has 138 valence electrons. The average molecular weight is 364 g/mol. The fraction of sp³-hybridized carbons (Fsp3) is 0.227. The summed E-state index contributed by atoms with van der Waals surface area (Å²) in [6.07, 6.45) is 1.59. The molecule has 0 bridgehead atoms. The van der Waals surface area contributed by atoms with Gasteiger partial charge >= 0.3 is 5.97 Å². The van der Waals surface area contributed by atoms with Gasteiger partial charge in [-0.3, -0.25) is 0 Å². The number of hydrogen-bond donors (Lipinski definition) is 0. The molecule has 2 aromatic carbocycles. The topological polar surface area (TPSA) is 54.0 Å². The van der Waals surface area contributed by atoms with Gasteiger partial charge in [-0.05, 0) is 42.2 Å². The summed E-state index contributed by atoms with van der Waals surface area (Å²) in [6.45, 7) is 2.16. The third kappa shape index (κ3) is 3.40. The number of carbonyl (C=O) groups is 1. The van der Waals surface area contributed by atoms with E-state index >= 15 is 0 Å². The Hall–Kier alpha value is -3.21. The standard InChI is InChI=1S/C22H20O5/c1-14-3-5-15(6-4-14)11-18-20(19-12-25-13-26-19)22(23)27-21(18)16-7-9-17(24-2)10-8-16/h3-10,12,21H,11,13H2,1-2H3. The molecule has 2 heterocycles. The zero-order chi connectivity index (χ0) is 18.8. The van der Waals surface area contributed by atoms with Crippen LogP contribution in [-0.4, -0.2) is 19.9 Å². The van der Waals surface area contributed by atoms with Crippen LogP contribution in [0.1, 0.15) is 22.8 Å². The number of cyclic esters (lactones) is 1. The van der Waals surface area contributed by atoms with E-state index in [2.05, 4.69) is 24.3 Å². The van der Waals surface area contributed by atoms with Crippen LogP contribution in [0.3, 0.4) is 0 Å². The normalized spacial score (nSPS) is 18.7. The summed E-state index contributed by atoms with van der Waals surface area (Å²) < 4.78 is 21.6. The molecule has 0 spiro atoms. The summed E-state index contributed by atoms with van der Waals surface area (Å²) in [5.41, 5.74) is 4.50. The van der Waals surface area contributed by atoms with E-state index in [4.69, 9.17) is 18.9 Å². The van der Waals surface area contributed by atoms with Crippen LogP contribution < -0.4 is 4.74 Å². The number of carbonyl (C=O) groups excluding carboxylic acids is 1. The first-order chi connectivity index (χ1) is 13.2. The van der Waals surface area contributed by atoms with Crippen molar-refractivity contribution in [3.63, 3.8) is 0 Å². The lowest BCUT2D eigenvalue weighted by atomic mass is 9.92. The summed E-state index contributed by atoms with van der Waals surface area (Å²) in [4.78, 5) is 12.6. The van der Waals surface area contributed by atoms with Crippen LogP contribution in [0.4, 0.5) is 0 Å². The summed E-state index contributed by atoms with van der Waals surface area (Å²) >= 11 is 0. The van der Waals surface area contributed by atoms with E-state index in [1.807, 2.05) is 31.2 Å². The number of hydrogen-bond acceptors (Lipinski definition) is 5. The van der Waals surface area contributed by atoms with Crippen molar-refractivity contribution in [3.8, 4) is 5.75 Å². The van der Waals surface area contributed by atoms with Crippen molar-refractivity contribution in [1.82, 2.24) is 0 Å². The van der Waals surface area contributed by atoms with Gasteiger partial charge in [0.15, 0.2) is 5.76 Å². The second kappa shape index (κ2) is 7.19. The highest BCUT2D eigenvalue weighted by atomic mass is 16.7. The van der Waals surface area contributed by atoms with Crippen LogP contribution in [0.25, 0.3) is 0 Å². The van der Waals surface area contributed by atoms with E-state index in [9.17, 15) is 4.79 Å². The number of aryl methyl sites for hydroxylation is 1. The Balaban J connectivity index is 1.75. The van der Waals surface area contributed by atoms with Gasteiger partial charge in [0.1, 0.15) is 23.7 Å². The SMILES string of the molecule is COc1ccc(C2OC(=O)C(C3=COCO3)=C2Cc2ccc(C)cc2)cc1. The Morgan fingerprint density at radius 2 is 1.81 bits per heavy atom. The molecule has 0 N–H and O–H groups in total. The van der Waals surface area contributed by atoms with Crippen molar-refractivity contribution in [1.29, 1.82) is 0 Å². The van der Waals surface area contributed by atoms with Crippen LogP contribution in [-0.2, 0) is 25.4 Å². The van der Waals surface area contributed by atoms with Gasteiger partial charge in [0.25, 0.3) is 0 Å². The molecule has 5 nitrogen and oxygen atoms in total. The largest absolute Gasteiger partial charge is 0.497 e. The molecule has 1 atom stereocenters. The molecule has 27 heavy (non-hydrogen) atoms. The van der Waals surface area contributed by atoms with Gasteiger partial charge < -0.3 is 18.9 Å². The van der Waals surface area contributed by atoms with Crippen LogP contribution in [0.5, 0.6) is 5.75 Å². The minimum absolute atomic E-state index is 0.108. The third-order valence-electron chi connectivity index (χ3n) is 4.72. The van der Waals surface area contributed by atoms with Gasteiger partial charge in [0.2, 0.25) is 6.79 Å². The Kier molecular flexibility index (Phi) is 4.59. The molecule has 0 aromatic heterocycles. The third-order valence-corrected chi connectivity index (χ3v) is 4.72. The van der Waals surface area contributed by atoms with E-state index in [0.29, 0.717) is 17.8 Å². The minimum atomic E-state index is -0.468. The van der Waals surface area contributed by atoms with E-state index in [1.54, 1.807) is 7.11 Å². The lowest BCUT2D eigenvalue weighted by Crippen LogP contribution is -2.05. The van der Waals surface area contributed by atoms with Gasteiger partial charge in [-0.1, -0.05) is 42.0 Å². The predicted octanol–water partition coefficient (Wildman–Crippen LogP) is 3.99. The molecule has 0 aliphatic carbocycles. The second-order valence-corrected chi connectivity index (χ2v) is 6.53. The molecule has 1 unspecified atom stereocenters. The summed E-state index contributed by atoms with van der Waals surface area (Å²) in [6, 6.07) is 15.8. The molecule has 2 aliphatic heterocycles. The number of esters is 1. The molecule has 5 heteroatoms. The first-order valence-electron chi connectivity index (χ1n) is 8.74. The molecule has 0 fully saturated rings. The van der Waals surface area contributed by atoms with E-state index < -0.39 is 12.1 Å². The van der Waals surface area contributed by atoms with Crippen molar-refractivity contribution in [2.24, 2.45) is 0 Å². The number of benzene rings is 2. The first-order valence-corrected chi connectivity index (χ1v) is 8.74. The van der Waals surface area contributed by atoms with Crippen LogP contribution in [0.2, 0.25) is 0 Å². The van der Waals surface area contributed by atoms with E-state index in [-0.39, 0.29) is 6.79 Å². The zero-order valence-electron chi connectivity index (χ0n) is 15.2. The summed E-state index contributed by atoms with van der Waals surface area (Å²) in [5, 5.41) is 0. The van der Waals surface area contributed by atoms with E-state index in [1.165, 1.54) is 11.8 Å². The average Bonchev–Trinajstić information content (AvgIpc) is 3.31. The number of methoxy groups -OCH3 is 1. The maximum Gasteiger partial charge on any atom is 0.343 e. The van der Waals surface area contributed by atoms with Crippen molar-refractivity contribution in [2.75, 3.05) is 13.9 Å². The second-order valence-electron chi connectivity index (χ2n) is 6.53. The Bertz CT molecular complexity index is 907. The van der Waals surface area contributed by atoms with Crippen LogP contribution >= 0.6 is 0 Å². The van der Waals surface area contributed by atoms with Gasteiger partial charge in [0.05, 0.1) is 7.11 Å². The van der Waals surface area contributed by atoms with Gasteiger partial charge in [0, 0.05) is 0 Å². The molecular formula is C22H20O5. The van der Waals surface area contributed by atoms with Gasteiger partial charge in [-0.15, -0.1) is 0 Å². The maximum atomic E-state index is 12.6. The highest BCUT2D eigenvalue weighted by Gasteiger charge is 2.38. The van der Waals surface area contributed by atoms with Crippen molar-refractivity contribution in [3.05, 3.63) is 88.4 Å². The molecule has 0 saturated heterocycles. The lowest BCUT2D eigenvalue weighted by molar-refractivity contribution is -0.140. The zero-order valence-corrected chi connectivity index (χ0v) is 15.2. The number of rotatable bonds is 5. The predicted molar refractivity (Wildman–Crippen MR) is 98.9 cm³/mol. The molecule has 0 radical (unpaired) electrons. The Morgan fingerprint density at radius 3 is 2.44 bits per heavy atom. The highest BCUT2D eigenvalue weighted by Crippen LogP contribution is 2.41. The smallest absolute Gasteiger partial charge is 0.343 e. The van der Waals surface area contributed by atoms with Crippen molar-refractivity contribution < 1.29 is 23.7 Å². The molecule has 0 amide bonds. The number of ether oxygens (including phenoxy) is 4. The first kappa shape index (κ1) is 17.2. The fourth-order valence-corrected chi connectivity index (χ4v) is 3.29. The summed E-state index contributed by atoms with van der Waals surface area (Å²) in [7, 11) is 1.62. The maximum absolute atomic E-state index is 12.6. The minimum Gasteiger partial charge on any atom is -0.497 e. The molecule has 4 rings (SSSR count). The molecular weight excluding hydrogens is 344 g/mol. The summed E-state index contributed by atoms with van der Waals surface area (Å²) in [5.74, 6) is 0.787.